The van der Waals surface area contributed by atoms with E-state index in [0.29, 0.717) is 27.7 Å². The van der Waals surface area contributed by atoms with Crippen molar-refractivity contribution in [3.8, 4) is 22.8 Å². The number of anilines is 1. The second-order valence-electron chi connectivity index (χ2n) is 7.66. The molecule has 0 saturated carbocycles. The van der Waals surface area contributed by atoms with Crippen LogP contribution in [0.15, 0.2) is 52.4 Å². The summed E-state index contributed by atoms with van der Waals surface area (Å²) in [6, 6.07) is 11.7. The highest BCUT2D eigenvalue weighted by Crippen LogP contribution is 2.39. The van der Waals surface area contributed by atoms with Crippen LogP contribution in [0.1, 0.15) is 39.4 Å². The maximum absolute atomic E-state index is 13.2. The zero-order valence-electron chi connectivity index (χ0n) is 19.5. The minimum Gasteiger partial charge on any atom is -0.423 e. The molecule has 2 heterocycles. The number of amides is 1. The Kier molecular flexibility index (Phi) is 6.70. The topological polar surface area (TPSA) is 123 Å². The fourth-order valence-electron chi connectivity index (χ4n) is 3.97. The Hall–Kier alpha value is -3.99. The standard InChI is InChI=1S/C24H22N4O6S/c1-5-35-24-25-22(32)21-17-8-6-7-9-18(17)27(13(2)29)23(28(21)26-24)16-10-11-19(33-14(3)30)20(12-16)34-15(4)31/h6-12,23H,5H2,1-4H3/p+1/t23-/m0/s1. The van der Waals surface area contributed by atoms with Gasteiger partial charge >= 0.3 is 23.2 Å². The fraction of sp³-hybridized carbons (Fsp3) is 0.250. The highest BCUT2D eigenvalue weighted by Gasteiger charge is 2.45. The Balaban J connectivity index is 2.01. The van der Waals surface area contributed by atoms with Gasteiger partial charge in [0, 0.05) is 31.4 Å². The SMILES string of the molecule is CCSc1n[n+]2c(c(=O)[nH]1)-c1ccccc1N(C(C)=O)[C@@H]2c1ccc(OC(C)=O)c(OC(C)=O)c1. The third-order valence-corrected chi connectivity index (χ3v) is 5.90. The maximum Gasteiger partial charge on any atom is 0.325 e. The number of aromatic amines is 1. The summed E-state index contributed by atoms with van der Waals surface area (Å²) in [5.41, 5.74) is 1.50. The molecule has 0 aliphatic carbocycles. The Morgan fingerprint density at radius 3 is 2.40 bits per heavy atom. The first-order chi connectivity index (χ1) is 16.7. The second-order valence-corrected chi connectivity index (χ2v) is 8.91. The van der Waals surface area contributed by atoms with Crippen molar-refractivity contribution >= 4 is 35.3 Å². The average molecular weight is 496 g/mol. The van der Waals surface area contributed by atoms with Crippen molar-refractivity contribution in [2.24, 2.45) is 0 Å². The summed E-state index contributed by atoms with van der Waals surface area (Å²) in [6.45, 7) is 5.81. The van der Waals surface area contributed by atoms with E-state index in [-0.39, 0.29) is 28.7 Å². The van der Waals surface area contributed by atoms with Crippen molar-refractivity contribution in [3.05, 3.63) is 58.4 Å². The molecule has 1 aliphatic rings. The molecule has 1 atom stereocenters. The van der Waals surface area contributed by atoms with Crippen LogP contribution in [-0.4, -0.2) is 33.7 Å². The van der Waals surface area contributed by atoms with E-state index < -0.39 is 18.1 Å². The number of carbonyl (C=O) groups is 3. The molecule has 1 amide bonds. The molecule has 0 saturated heterocycles. The van der Waals surface area contributed by atoms with Crippen LogP contribution in [0.2, 0.25) is 0 Å². The number of fused-ring (bicyclic) bond motifs is 3. The number of thioether (sulfide) groups is 1. The van der Waals surface area contributed by atoms with Gasteiger partial charge in [0.2, 0.25) is 11.1 Å². The van der Waals surface area contributed by atoms with Gasteiger partial charge in [-0.05, 0) is 40.8 Å². The van der Waals surface area contributed by atoms with Gasteiger partial charge in [0.25, 0.3) is 6.17 Å². The van der Waals surface area contributed by atoms with Crippen LogP contribution < -0.4 is 24.6 Å². The van der Waals surface area contributed by atoms with E-state index in [9.17, 15) is 19.2 Å². The van der Waals surface area contributed by atoms with Gasteiger partial charge in [0.1, 0.15) is 0 Å². The first kappa shape index (κ1) is 24.1. The lowest BCUT2D eigenvalue weighted by atomic mass is 10.0. The molecular weight excluding hydrogens is 472 g/mol. The van der Waals surface area contributed by atoms with Crippen molar-refractivity contribution < 1.29 is 28.5 Å². The van der Waals surface area contributed by atoms with E-state index in [0.717, 1.165) is 0 Å². The van der Waals surface area contributed by atoms with Crippen LogP contribution in [0.25, 0.3) is 11.3 Å². The average Bonchev–Trinajstić information content (AvgIpc) is 2.78. The van der Waals surface area contributed by atoms with Crippen LogP contribution in [0.5, 0.6) is 11.5 Å². The van der Waals surface area contributed by atoms with Gasteiger partial charge in [-0.15, -0.1) is 0 Å². The third kappa shape index (κ3) is 4.67. The number of benzene rings is 2. The third-order valence-electron chi connectivity index (χ3n) is 5.15. The van der Waals surface area contributed by atoms with E-state index in [1.807, 2.05) is 6.92 Å². The van der Waals surface area contributed by atoms with Crippen molar-refractivity contribution in [3.63, 3.8) is 0 Å². The smallest absolute Gasteiger partial charge is 0.325 e. The number of H-pyrrole nitrogens is 1. The molecule has 1 N–H and O–H groups in total. The van der Waals surface area contributed by atoms with Gasteiger partial charge in [-0.1, -0.05) is 30.8 Å². The number of aromatic nitrogens is 3. The highest BCUT2D eigenvalue weighted by molar-refractivity contribution is 7.99. The minimum atomic E-state index is -0.878. The summed E-state index contributed by atoms with van der Waals surface area (Å²) < 4.78 is 12.0. The number of carbonyl (C=O) groups excluding carboxylic acids is 3. The zero-order chi connectivity index (χ0) is 25.3. The number of ether oxygens (including phenoxy) is 2. The molecule has 2 aromatic carbocycles. The molecule has 0 fully saturated rings. The molecule has 35 heavy (non-hydrogen) atoms. The van der Waals surface area contributed by atoms with Gasteiger partial charge in [-0.2, -0.15) is 0 Å². The monoisotopic (exact) mass is 495 g/mol. The maximum atomic E-state index is 13.2. The van der Waals surface area contributed by atoms with E-state index >= 15 is 0 Å². The highest BCUT2D eigenvalue weighted by atomic mass is 32.2. The van der Waals surface area contributed by atoms with E-state index in [1.54, 1.807) is 30.3 Å². The Labute approximate surface area is 204 Å². The Morgan fingerprint density at radius 2 is 1.74 bits per heavy atom. The molecule has 11 heteroatoms. The van der Waals surface area contributed by atoms with Gasteiger partial charge in [0.05, 0.1) is 11.3 Å². The molecule has 180 valence electrons. The van der Waals surface area contributed by atoms with Gasteiger partial charge in [-0.25, -0.2) is 4.90 Å². The number of rotatable bonds is 5. The summed E-state index contributed by atoms with van der Waals surface area (Å²) in [5, 5.41) is 5.05. The number of nitrogens with one attached hydrogen (secondary N) is 1. The predicted molar refractivity (Wildman–Crippen MR) is 127 cm³/mol. The van der Waals surface area contributed by atoms with Crippen LogP contribution in [0.3, 0.4) is 0 Å². The first-order valence-electron chi connectivity index (χ1n) is 10.8. The summed E-state index contributed by atoms with van der Waals surface area (Å²) in [7, 11) is 0. The Morgan fingerprint density at radius 1 is 1.06 bits per heavy atom. The second kappa shape index (κ2) is 9.71. The summed E-state index contributed by atoms with van der Waals surface area (Å²) >= 11 is 1.35. The summed E-state index contributed by atoms with van der Waals surface area (Å²) in [5.74, 6) is -0.760. The number of esters is 2. The van der Waals surface area contributed by atoms with Crippen LogP contribution in [-0.2, 0) is 14.4 Å². The number of hydrogen-bond donors (Lipinski definition) is 1. The molecule has 0 unspecified atom stereocenters. The first-order valence-corrected chi connectivity index (χ1v) is 11.8. The molecule has 0 radical (unpaired) electrons. The van der Waals surface area contributed by atoms with E-state index in [4.69, 9.17) is 9.47 Å². The lowest BCUT2D eigenvalue weighted by Gasteiger charge is -2.31. The lowest BCUT2D eigenvalue weighted by molar-refractivity contribution is -0.763. The largest absolute Gasteiger partial charge is 0.423 e. The lowest BCUT2D eigenvalue weighted by Crippen LogP contribution is -2.60. The van der Waals surface area contributed by atoms with Gasteiger partial charge in [-0.3, -0.25) is 24.2 Å². The van der Waals surface area contributed by atoms with Crippen molar-refractivity contribution in [2.75, 3.05) is 10.7 Å². The van der Waals surface area contributed by atoms with Gasteiger partial charge < -0.3 is 9.47 Å². The number of nitrogens with zero attached hydrogens (tertiary/aromatic N) is 3. The quantitative estimate of drug-likeness (QED) is 0.248. The van der Waals surface area contributed by atoms with Crippen molar-refractivity contribution in [1.29, 1.82) is 0 Å². The molecule has 3 aromatic rings. The molecule has 4 rings (SSSR count). The minimum absolute atomic E-state index is 0.00251. The molecular formula is C24H23N4O6S+. The Bertz CT molecular complexity index is 1400. The van der Waals surface area contributed by atoms with Crippen LogP contribution >= 0.6 is 11.8 Å². The summed E-state index contributed by atoms with van der Waals surface area (Å²) in [6.07, 6.45) is -0.878. The van der Waals surface area contributed by atoms with Crippen molar-refractivity contribution in [2.45, 2.75) is 39.0 Å². The van der Waals surface area contributed by atoms with Crippen LogP contribution in [0.4, 0.5) is 5.69 Å². The molecule has 0 bridgehead atoms. The van der Waals surface area contributed by atoms with E-state index in [2.05, 4.69) is 10.1 Å². The zero-order valence-corrected chi connectivity index (χ0v) is 20.3. The van der Waals surface area contributed by atoms with Crippen LogP contribution in [0, 0.1) is 0 Å². The normalized spacial score (nSPS) is 14.1. The molecule has 0 spiro atoms. The predicted octanol–water partition coefficient (Wildman–Crippen LogP) is 2.60. The number of hydrogen-bond acceptors (Lipinski definition) is 8. The molecule has 1 aromatic heterocycles. The summed E-state index contributed by atoms with van der Waals surface area (Å²) in [4.78, 5) is 53.8. The number of para-hydroxylation sites is 1. The van der Waals surface area contributed by atoms with Gasteiger partial charge in [0.15, 0.2) is 11.5 Å². The molecule has 10 nitrogen and oxygen atoms in total. The molecule has 1 aliphatic heterocycles. The fourth-order valence-corrected chi connectivity index (χ4v) is 4.56. The van der Waals surface area contributed by atoms with E-state index in [1.165, 1.54) is 54.2 Å². The van der Waals surface area contributed by atoms with Crippen molar-refractivity contribution in [1.82, 2.24) is 10.1 Å².